The Balaban J connectivity index is 2.08. The molecule has 3 N–H and O–H groups in total. The molecule has 0 bridgehead atoms. The number of aromatic hydroxyl groups is 1. The Bertz CT molecular complexity index is 802. The topological polar surface area (TPSA) is 87.7 Å². The first-order valence-electron chi connectivity index (χ1n) is 7.87. The molecular formula is C19H22N2O4. The minimum atomic E-state index is -0.782. The summed E-state index contributed by atoms with van der Waals surface area (Å²) in [6.45, 7) is 5.43. The highest BCUT2D eigenvalue weighted by molar-refractivity contribution is 6.39. The number of methoxy groups -OCH3 is 1. The highest BCUT2D eigenvalue weighted by Crippen LogP contribution is 2.28. The third-order valence-electron chi connectivity index (χ3n) is 3.90. The van der Waals surface area contributed by atoms with Crippen LogP contribution >= 0.6 is 0 Å². The third kappa shape index (κ3) is 4.50. The maximum Gasteiger partial charge on any atom is 0.313 e. The smallest absolute Gasteiger partial charge is 0.313 e. The number of anilines is 1. The zero-order chi connectivity index (χ0) is 18.6. The van der Waals surface area contributed by atoms with Gasteiger partial charge in [-0.2, -0.15) is 0 Å². The predicted molar refractivity (Wildman–Crippen MR) is 95.8 cm³/mol. The van der Waals surface area contributed by atoms with Crippen LogP contribution < -0.4 is 15.4 Å². The van der Waals surface area contributed by atoms with Gasteiger partial charge in [-0.05, 0) is 56.2 Å². The Labute approximate surface area is 146 Å². The first kappa shape index (κ1) is 18.3. The van der Waals surface area contributed by atoms with Gasteiger partial charge in [-0.3, -0.25) is 9.59 Å². The fraction of sp³-hybridized carbons (Fsp3) is 0.263. The number of aryl methyl sites for hydroxylation is 2. The van der Waals surface area contributed by atoms with Crippen LogP contribution in [0.1, 0.15) is 29.7 Å². The zero-order valence-electron chi connectivity index (χ0n) is 14.7. The van der Waals surface area contributed by atoms with E-state index in [0.717, 1.165) is 11.1 Å². The molecular weight excluding hydrogens is 320 g/mol. The highest BCUT2D eigenvalue weighted by atomic mass is 16.5. The van der Waals surface area contributed by atoms with E-state index in [-0.39, 0.29) is 5.75 Å². The number of nitrogens with one attached hydrogen (secondary N) is 2. The number of carbonyl (C=O) groups excluding carboxylic acids is 2. The van der Waals surface area contributed by atoms with Gasteiger partial charge in [0, 0.05) is 11.3 Å². The average Bonchev–Trinajstić information content (AvgIpc) is 2.58. The van der Waals surface area contributed by atoms with Crippen LogP contribution in [0.25, 0.3) is 0 Å². The summed E-state index contributed by atoms with van der Waals surface area (Å²) in [5.74, 6) is -0.976. The number of carbonyl (C=O) groups is 2. The number of amides is 2. The molecule has 0 spiro atoms. The van der Waals surface area contributed by atoms with Gasteiger partial charge in [-0.15, -0.1) is 0 Å². The van der Waals surface area contributed by atoms with Crippen molar-refractivity contribution in [3.8, 4) is 11.5 Å². The maximum atomic E-state index is 12.2. The molecule has 0 aliphatic rings. The lowest BCUT2D eigenvalue weighted by Crippen LogP contribution is -2.37. The summed E-state index contributed by atoms with van der Waals surface area (Å²) in [6.07, 6.45) is 0. The first-order chi connectivity index (χ1) is 11.8. The number of rotatable bonds is 4. The molecule has 0 aliphatic carbocycles. The van der Waals surface area contributed by atoms with Gasteiger partial charge in [-0.1, -0.05) is 12.1 Å². The Hall–Kier alpha value is -3.02. The van der Waals surface area contributed by atoms with Gasteiger partial charge in [-0.25, -0.2) is 0 Å². The van der Waals surface area contributed by atoms with Crippen LogP contribution in [0, 0.1) is 13.8 Å². The van der Waals surface area contributed by atoms with E-state index in [0.29, 0.717) is 17.0 Å². The minimum absolute atomic E-state index is 0.0172. The van der Waals surface area contributed by atoms with Crippen LogP contribution in [-0.2, 0) is 9.59 Å². The van der Waals surface area contributed by atoms with Gasteiger partial charge >= 0.3 is 11.8 Å². The molecule has 2 aromatic carbocycles. The second kappa shape index (κ2) is 7.70. The lowest BCUT2D eigenvalue weighted by Gasteiger charge is -2.16. The molecule has 6 nitrogen and oxygen atoms in total. The number of hydrogen-bond acceptors (Lipinski definition) is 4. The van der Waals surface area contributed by atoms with Crippen LogP contribution in [0.4, 0.5) is 5.69 Å². The summed E-state index contributed by atoms with van der Waals surface area (Å²) in [5, 5.41) is 15.1. The van der Waals surface area contributed by atoms with Gasteiger partial charge in [0.15, 0.2) is 0 Å². The highest BCUT2D eigenvalue weighted by Gasteiger charge is 2.20. The SMILES string of the molecule is COc1ccc(O)c([C@H](C)NC(=O)C(=O)Nc2cc(C)ccc2C)c1. The van der Waals surface area contributed by atoms with E-state index in [1.54, 1.807) is 25.1 Å². The Morgan fingerprint density at radius 3 is 2.48 bits per heavy atom. The van der Waals surface area contributed by atoms with E-state index >= 15 is 0 Å². The second-order valence-electron chi connectivity index (χ2n) is 5.89. The average molecular weight is 342 g/mol. The normalized spacial score (nSPS) is 11.5. The monoisotopic (exact) mass is 342 g/mol. The molecule has 0 fully saturated rings. The van der Waals surface area contributed by atoms with E-state index < -0.39 is 17.9 Å². The molecule has 132 valence electrons. The van der Waals surface area contributed by atoms with E-state index in [2.05, 4.69) is 10.6 Å². The van der Waals surface area contributed by atoms with Crippen molar-refractivity contribution in [1.29, 1.82) is 0 Å². The number of phenolic OH excluding ortho intramolecular Hbond substituents is 1. The Kier molecular flexibility index (Phi) is 5.64. The molecule has 0 unspecified atom stereocenters. The van der Waals surface area contributed by atoms with Gasteiger partial charge in [0.1, 0.15) is 11.5 Å². The molecule has 2 aromatic rings. The van der Waals surface area contributed by atoms with Gasteiger partial charge in [0.25, 0.3) is 0 Å². The summed E-state index contributed by atoms with van der Waals surface area (Å²) < 4.78 is 5.11. The first-order valence-corrected chi connectivity index (χ1v) is 7.87. The Morgan fingerprint density at radius 1 is 1.08 bits per heavy atom. The number of benzene rings is 2. The summed E-state index contributed by atoms with van der Waals surface area (Å²) in [6, 6.07) is 9.75. The van der Waals surface area contributed by atoms with Crippen molar-refractivity contribution in [2.24, 2.45) is 0 Å². The minimum Gasteiger partial charge on any atom is -0.508 e. The predicted octanol–water partition coefficient (Wildman–Crippen LogP) is 2.83. The summed E-state index contributed by atoms with van der Waals surface area (Å²) >= 11 is 0. The van der Waals surface area contributed by atoms with Gasteiger partial charge in [0.05, 0.1) is 13.2 Å². The van der Waals surface area contributed by atoms with E-state index in [1.165, 1.54) is 13.2 Å². The maximum absolute atomic E-state index is 12.2. The van der Waals surface area contributed by atoms with Crippen molar-refractivity contribution >= 4 is 17.5 Å². The van der Waals surface area contributed by atoms with E-state index in [9.17, 15) is 14.7 Å². The van der Waals surface area contributed by atoms with Crippen LogP contribution in [-0.4, -0.2) is 24.0 Å². The lowest BCUT2D eigenvalue weighted by molar-refractivity contribution is -0.136. The molecule has 0 saturated carbocycles. The fourth-order valence-electron chi connectivity index (χ4n) is 2.40. The van der Waals surface area contributed by atoms with Gasteiger partial charge in [0.2, 0.25) is 0 Å². The van der Waals surface area contributed by atoms with E-state index in [4.69, 9.17) is 4.74 Å². The molecule has 0 aromatic heterocycles. The van der Waals surface area contributed by atoms with Crippen molar-refractivity contribution in [2.45, 2.75) is 26.8 Å². The molecule has 25 heavy (non-hydrogen) atoms. The van der Waals surface area contributed by atoms with Crippen molar-refractivity contribution < 1.29 is 19.4 Å². The fourth-order valence-corrected chi connectivity index (χ4v) is 2.40. The molecule has 0 heterocycles. The molecule has 2 rings (SSSR count). The second-order valence-corrected chi connectivity index (χ2v) is 5.89. The summed E-state index contributed by atoms with van der Waals surface area (Å²) in [5.41, 5.74) is 2.91. The Morgan fingerprint density at radius 2 is 1.80 bits per heavy atom. The van der Waals surface area contributed by atoms with Crippen LogP contribution in [0.2, 0.25) is 0 Å². The van der Waals surface area contributed by atoms with E-state index in [1.807, 2.05) is 26.0 Å². The molecule has 0 saturated heterocycles. The lowest BCUT2D eigenvalue weighted by atomic mass is 10.1. The zero-order valence-corrected chi connectivity index (χ0v) is 14.7. The molecule has 0 aliphatic heterocycles. The number of phenols is 1. The summed E-state index contributed by atoms with van der Waals surface area (Å²) in [4.78, 5) is 24.3. The third-order valence-corrected chi connectivity index (χ3v) is 3.90. The van der Waals surface area contributed by atoms with Crippen LogP contribution in [0.15, 0.2) is 36.4 Å². The number of hydrogen-bond donors (Lipinski definition) is 3. The summed E-state index contributed by atoms with van der Waals surface area (Å²) in [7, 11) is 1.51. The quantitative estimate of drug-likeness (QED) is 0.746. The van der Waals surface area contributed by atoms with Crippen molar-refractivity contribution in [2.75, 3.05) is 12.4 Å². The van der Waals surface area contributed by atoms with Crippen molar-refractivity contribution in [3.63, 3.8) is 0 Å². The number of ether oxygens (including phenoxy) is 1. The van der Waals surface area contributed by atoms with Crippen LogP contribution in [0.5, 0.6) is 11.5 Å². The van der Waals surface area contributed by atoms with Gasteiger partial charge < -0.3 is 20.5 Å². The van der Waals surface area contributed by atoms with Crippen molar-refractivity contribution in [3.05, 3.63) is 53.1 Å². The standard InChI is InChI=1S/C19H22N2O4/c1-11-5-6-12(2)16(9-11)21-19(24)18(23)20-13(3)15-10-14(25-4)7-8-17(15)22/h5-10,13,22H,1-4H3,(H,20,23)(H,21,24)/t13-/m0/s1. The largest absolute Gasteiger partial charge is 0.508 e. The van der Waals surface area contributed by atoms with Crippen LogP contribution in [0.3, 0.4) is 0 Å². The molecule has 6 heteroatoms. The molecule has 2 amide bonds. The molecule has 0 radical (unpaired) electrons. The van der Waals surface area contributed by atoms with Crippen molar-refractivity contribution in [1.82, 2.24) is 5.32 Å². The molecule has 1 atom stereocenters.